The molecule has 1 heteroatoms. The van der Waals surface area contributed by atoms with E-state index in [1.165, 1.54) is 5.56 Å². The van der Waals surface area contributed by atoms with Crippen LogP contribution in [-0.2, 0) is 5.41 Å². The van der Waals surface area contributed by atoms with Gasteiger partial charge < -0.3 is 0 Å². The molecular formula is C10H11F. The van der Waals surface area contributed by atoms with E-state index in [1.807, 2.05) is 30.3 Å². The molecule has 0 aliphatic heterocycles. The minimum absolute atomic E-state index is 0.0821. The highest BCUT2D eigenvalue weighted by Gasteiger charge is 2.44. The molecule has 0 atom stereocenters. The van der Waals surface area contributed by atoms with Crippen LogP contribution in [0.1, 0.15) is 18.4 Å². The van der Waals surface area contributed by atoms with Gasteiger partial charge in [0.15, 0.2) is 0 Å². The summed E-state index contributed by atoms with van der Waals surface area (Å²) in [6, 6.07) is 9.97. The molecule has 0 bridgehead atoms. The number of hydrogen-bond acceptors (Lipinski definition) is 0. The Kier molecular flexibility index (Phi) is 1.45. The molecule has 1 aliphatic rings. The van der Waals surface area contributed by atoms with Gasteiger partial charge in [0.1, 0.15) is 0 Å². The maximum Gasteiger partial charge on any atom is 0.0990 e. The molecule has 0 aromatic heterocycles. The van der Waals surface area contributed by atoms with Gasteiger partial charge in [-0.15, -0.1) is 0 Å². The first kappa shape index (κ1) is 6.84. The van der Waals surface area contributed by atoms with Crippen molar-refractivity contribution in [3.63, 3.8) is 0 Å². The molecule has 0 saturated heterocycles. The third kappa shape index (κ3) is 1.05. The van der Waals surface area contributed by atoms with E-state index in [2.05, 4.69) is 0 Å². The van der Waals surface area contributed by atoms with Gasteiger partial charge in [0.25, 0.3) is 0 Å². The van der Waals surface area contributed by atoms with Crippen molar-refractivity contribution in [3.8, 4) is 0 Å². The lowest BCUT2D eigenvalue weighted by molar-refractivity contribution is 0.418. The quantitative estimate of drug-likeness (QED) is 0.608. The lowest BCUT2D eigenvalue weighted by Gasteiger charge is -2.09. The Morgan fingerprint density at radius 3 is 2.27 bits per heavy atom. The van der Waals surface area contributed by atoms with Crippen LogP contribution in [0.2, 0.25) is 0 Å². The van der Waals surface area contributed by atoms with Crippen molar-refractivity contribution in [2.75, 3.05) is 6.67 Å². The van der Waals surface area contributed by atoms with Crippen LogP contribution in [0.4, 0.5) is 4.39 Å². The Balaban J connectivity index is 2.30. The number of rotatable bonds is 2. The predicted octanol–water partition coefficient (Wildman–Crippen LogP) is 2.69. The molecule has 58 valence electrons. The summed E-state index contributed by atoms with van der Waals surface area (Å²) in [6.45, 7) is -0.197. The molecule has 0 radical (unpaired) electrons. The lowest BCUT2D eigenvalue weighted by atomic mass is 9.98. The Morgan fingerprint density at radius 1 is 1.18 bits per heavy atom. The van der Waals surface area contributed by atoms with Crippen LogP contribution in [-0.4, -0.2) is 6.67 Å². The van der Waals surface area contributed by atoms with Crippen molar-refractivity contribution in [1.82, 2.24) is 0 Å². The zero-order chi connectivity index (χ0) is 7.73. The Hall–Kier alpha value is -0.850. The molecule has 11 heavy (non-hydrogen) atoms. The van der Waals surface area contributed by atoms with Gasteiger partial charge in [-0.1, -0.05) is 30.3 Å². The first-order valence-corrected chi connectivity index (χ1v) is 3.99. The zero-order valence-electron chi connectivity index (χ0n) is 6.39. The van der Waals surface area contributed by atoms with E-state index in [4.69, 9.17) is 0 Å². The van der Waals surface area contributed by atoms with E-state index < -0.39 is 0 Å². The van der Waals surface area contributed by atoms with Crippen LogP contribution in [0.15, 0.2) is 30.3 Å². The van der Waals surface area contributed by atoms with E-state index in [0.717, 1.165) is 12.8 Å². The summed E-state index contributed by atoms with van der Waals surface area (Å²) in [7, 11) is 0. The maximum atomic E-state index is 12.5. The summed E-state index contributed by atoms with van der Waals surface area (Å²) < 4.78 is 12.5. The Morgan fingerprint density at radius 2 is 1.82 bits per heavy atom. The van der Waals surface area contributed by atoms with Gasteiger partial charge in [0.2, 0.25) is 0 Å². The molecule has 0 spiro atoms. The van der Waals surface area contributed by atoms with Crippen LogP contribution in [0.5, 0.6) is 0 Å². The fourth-order valence-corrected chi connectivity index (χ4v) is 1.44. The minimum Gasteiger partial charge on any atom is -0.250 e. The SMILES string of the molecule is FCC1(c2ccccc2)CC1. The van der Waals surface area contributed by atoms with Gasteiger partial charge in [-0.3, -0.25) is 4.39 Å². The molecule has 1 aromatic carbocycles. The van der Waals surface area contributed by atoms with Crippen LogP contribution in [0, 0.1) is 0 Å². The molecule has 0 N–H and O–H groups in total. The van der Waals surface area contributed by atoms with Gasteiger partial charge in [-0.2, -0.15) is 0 Å². The van der Waals surface area contributed by atoms with E-state index in [-0.39, 0.29) is 12.1 Å². The Labute approximate surface area is 66.1 Å². The molecule has 0 amide bonds. The van der Waals surface area contributed by atoms with Crippen molar-refractivity contribution in [1.29, 1.82) is 0 Å². The summed E-state index contributed by atoms with van der Waals surface area (Å²) in [5.41, 5.74) is 1.09. The molecule has 0 heterocycles. The topological polar surface area (TPSA) is 0 Å². The number of benzene rings is 1. The van der Waals surface area contributed by atoms with Crippen LogP contribution < -0.4 is 0 Å². The normalized spacial score (nSPS) is 19.7. The van der Waals surface area contributed by atoms with Gasteiger partial charge in [-0.25, -0.2) is 0 Å². The summed E-state index contributed by atoms with van der Waals surface area (Å²) in [5, 5.41) is 0. The standard InChI is InChI=1S/C10H11F/c11-8-10(6-7-10)9-4-2-1-3-5-9/h1-5H,6-8H2. The van der Waals surface area contributed by atoms with Crippen LogP contribution in [0.3, 0.4) is 0 Å². The second-order valence-electron chi connectivity index (χ2n) is 3.28. The average molecular weight is 150 g/mol. The van der Waals surface area contributed by atoms with Crippen molar-refractivity contribution in [2.45, 2.75) is 18.3 Å². The van der Waals surface area contributed by atoms with Gasteiger partial charge in [0, 0.05) is 5.41 Å². The largest absolute Gasteiger partial charge is 0.250 e. The summed E-state index contributed by atoms with van der Waals surface area (Å²) >= 11 is 0. The minimum atomic E-state index is -0.197. The van der Waals surface area contributed by atoms with Crippen molar-refractivity contribution >= 4 is 0 Å². The first-order chi connectivity index (χ1) is 5.37. The van der Waals surface area contributed by atoms with Gasteiger partial charge >= 0.3 is 0 Å². The first-order valence-electron chi connectivity index (χ1n) is 3.99. The number of alkyl halides is 1. The van der Waals surface area contributed by atoms with Crippen molar-refractivity contribution in [3.05, 3.63) is 35.9 Å². The molecule has 1 fully saturated rings. The highest BCUT2D eigenvalue weighted by atomic mass is 19.1. The van der Waals surface area contributed by atoms with Crippen molar-refractivity contribution in [2.24, 2.45) is 0 Å². The van der Waals surface area contributed by atoms with E-state index >= 15 is 0 Å². The molecule has 1 aliphatic carbocycles. The van der Waals surface area contributed by atoms with E-state index in [9.17, 15) is 4.39 Å². The third-order valence-electron chi connectivity index (χ3n) is 2.50. The summed E-state index contributed by atoms with van der Waals surface area (Å²) in [4.78, 5) is 0. The predicted molar refractivity (Wildman–Crippen MR) is 43.3 cm³/mol. The fraction of sp³-hybridized carbons (Fsp3) is 0.400. The molecular weight excluding hydrogens is 139 g/mol. The van der Waals surface area contributed by atoms with E-state index in [0.29, 0.717) is 0 Å². The monoisotopic (exact) mass is 150 g/mol. The van der Waals surface area contributed by atoms with Crippen LogP contribution in [0.25, 0.3) is 0 Å². The molecule has 0 nitrogen and oxygen atoms in total. The summed E-state index contributed by atoms with van der Waals surface area (Å²) in [5.74, 6) is 0. The number of halogens is 1. The molecule has 0 unspecified atom stereocenters. The number of hydrogen-bond donors (Lipinski definition) is 0. The fourth-order valence-electron chi connectivity index (χ4n) is 1.44. The third-order valence-corrected chi connectivity index (χ3v) is 2.50. The second-order valence-corrected chi connectivity index (χ2v) is 3.28. The Bertz CT molecular complexity index is 236. The molecule has 1 aromatic rings. The average Bonchev–Trinajstić information content (AvgIpc) is 2.86. The maximum absolute atomic E-state index is 12.5. The van der Waals surface area contributed by atoms with Gasteiger partial charge in [0.05, 0.1) is 6.67 Å². The molecule has 1 saturated carbocycles. The summed E-state index contributed by atoms with van der Waals surface area (Å²) in [6.07, 6.45) is 2.04. The van der Waals surface area contributed by atoms with Crippen LogP contribution >= 0.6 is 0 Å². The second kappa shape index (κ2) is 2.33. The highest BCUT2D eigenvalue weighted by molar-refractivity contribution is 5.30. The van der Waals surface area contributed by atoms with E-state index in [1.54, 1.807) is 0 Å². The molecule has 2 rings (SSSR count). The van der Waals surface area contributed by atoms with Gasteiger partial charge in [-0.05, 0) is 18.4 Å². The highest BCUT2D eigenvalue weighted by Crippen LogP contribution is 2.48. The zero-order valence-corrected chi connectivity index (χ0v) is 6.39. The lowest BCUT2D eigenvalue weighted by Crippen LogP contribution is -2.07. The smallest absolute Gasteiger partial charge is 0.0990 e. The van der Waals surface area contributed by atoms with Crippen molar-refractivity contribution < 1.29 is 4.39 Å².